The van der Waals surface area contributed by atoms with Crippen molar-refractivity contribution in [1.82, 2.24) is 0 Å². The number of aryl methyl sites for hydroxylation is 1. The van der Waals surface area contributed by atoms with Gasteiger partial charge in [0.15, 0.2) is 0 Å². The van der Waals surface area contributed by atoms with Gasteiger partial charge in [0.05, 0.1) is 6.42 Å². The van der Waals surface area contributed by atoms with Crippen molar-refractivity contribution in [1.29, 1.82) is 0 Å². The first-order valence-electron chi connectivity index (χ1n) is 4.53. The Hall–Kier alpha value is -0.778. The third-order valence-corrected chi connectivity index (χ3v) is 1.44. The number of benzene rings is 1. The molecule has 0 fully saturated rings. The van der Waals surface area contributed by atoms with Gasteiger partial charge in [0.25, 0.3) is 0 Å². The van der Waals surface area contributed by atoms with Crippen molar-refractivity contribution in [3.8, 4) is 0 Å². The molecule has 2 nitrogen and oxygen atoms in total. The first-order chi connectivity index (χ1) is 6.52. The molecule has 0 radical (unpaired) electrons. The van der Waals surface area contributed by atoms with Crippen molar-refractivity contribution in [2.45, 2.75) is 27.2 Å². The SMILES string of the molecule is CC(=O)CC(C)=O.Cc1ccccc1.[Pd]. The first-order valence-corrected chi connectivity index (χ1v) is 4.53. The number of carbonyl (C=O) groups excluding carboxylic acids is 2. The predicted octanol–water partition coefficient (Wildman–Crippen LogP) is 2.55. The minimum absolute atomic E-state index is 0. The molecule has 0 heterocycles. The van der Waals surface area contributed by atoms with Crippen LogP contribution >= 0.6 is 0 Å². The van der Waals surface area contributed by atoms with Gasteiger partial charge in [-0.05, 0) is 20.8 Å². The molecule has 3 heteroatoms. The molecule has 15 heavy (non-hydrogen) atoms. The Morgan fingerprint density at radius 1 is 1.00 bits per heavy atom. The Labute approximate surface area is 105 Å². The molecule has 0 spiro atoms. The summed E-state index contributed by atoms with van der Waals surface area (Å²) in [4.78, 5) is 20.1. The molecule has 0 saturated heterocycles. The number of hydrogen-bond donors (Lipinski definition) is 0. The van der Waals surface area contributed by atoms with E-state index in [0.29, 0.717) is 0 Å². The van der Waals surface area contributed by atoms with Crippen molar-refractivity contribution < 1.29 is 30.0 Å². The Morgan fingerprint density at radius 3 is 1.53 bits per heavy atom. The number of ketones is 2. The molecule has 1 aromatic rings. The van der Waals surface area contributed by atoms with Crippen LogP contribution < -0.4 is 0 Å². The van der Waals surface area contributed by atoms with E-state index in [-0.39, 0.29) is 38.4 Å². The summed E-state index contributed by atoms with van der Waals surface area (Å²) in [6.45, 7) is 4.89. The zero-order valence-corrected chi connectivity index (χ0v) is 10.8. The van der Waals surface area contributed by atoms with E-state index in [1.54, 1.807) is 0 Å². The third kappa shape index (κ3) is 13.2. The van der Waals surface area contributed by atoms with E-state index in [0.717, 1.165) is 0 Å². The first kappa shape index (κ1) is 16.6. The maximum atomic E-state index is 10.0. The van der Waals surface area contributed by atoms with Crippen molar-refractivity contribution in [3.63, 3.8) is 0 Å². The van der Waals surface area contributed by atoms with Crippen LogP contribution in [0.4, 0.5) is 0 Å². The Balaban J connectivity index is 0. The summed E-state index contributed by atoms with van der Waals surface area (Å²) in [5.41, 5.74) is 1.32. The summed E-state index contributed by atoms with van der Waals surface area (Å²) in [7, 11) is 0. The van der Waals surface area contributed by atoms with Crippen LogP contribution in [0.3, 0.4) is 0 Å². The van der Waals surface area contributed by atoms with E-state index >= 15 is 0 Å². The average Bonchev–Trinajstić information content (AvgIpc) is 2.03. The number of rotatable bonds is 2. The average molecular weight is 299 g/mol. The Bertz CT molecular complexity index is 282. The van der Waals surface area contributed by atoms with E-state index in [1.807, 2.05) is 18.2 Å². The molecule has 0 N–H and O–H groups in total. The van der Waals surface area contributed by atoms with E-state index in [2.05, 4.69) is 19.1 Å². The van der Waals surface area contributed by atoms with Crippen LogP contribution in [0.15, 0.2) is 30.3 Å². The van der Waals surface area contributed by atoms with Gasteiger partial charge in [0.1, 0.15) is 11.6 Å². The van der Waals surface area contributed by atoms with Gasteiger partial charge < -0.3 is 0 Å². The fourth-order valence-corrected chi connectivity index (χ4v) is 0.885. The van der Waals surface area contributed by atoms with Crippen molar-refractivity contribution in [3.05, 3.63) is 35.9 Å². The molecule has 0 unspecified atom stereocenters. The predicted molar refractivity (Wildman–Crippen MR) is 57.2 cm³/mol. The Kier molecular flexibility index (Phi) is 10.8. The molecule has 1 aromatic carbocycles. The van der Waals surface area contributed by atoms with Gasteiger partial charge in [0.2, 0.25) is 0 Å². The minimum atomic E-state index is -0.0625. The maximum absolute atomic E-state index is 10.0. The van der Waals surface area contributed by atoms with Gasteiger partial charge >= 0.3 is 0 Å². The molecule has 0 saturated carbocycles. The maximum Gasteiger partial charge on any atom is 0.137 e. The standard InChI is InChI=1S/C7H8.C5H8O2.Pd/c1-7-5-3-2-4-6-7;1-4(6)3-5(2)7;/h2-6H,1H3;3H2,1-2H3;. The minimum Gasteiger partial charge on any atom is -0.300 e. The second-order valence-electron chi connectivity index (χ2n) is 3.24. The van der Waals surface area contributed by atoms with Gasteiger partial charge in [-0.1, -0.05) is 35.9 Å². The van der Waals surface area contributed by atoms with Gasteiger partial charge in [0, 0.05) is 20.4 Å². The number of Topliss-reactive ketones (excluding diaryl/α,β-unsaturated/α-hetero) is 2. The molecule has 86 valence electrons. The van der Waals surface area contributed by atoms with Gasteiger partial charge in [-0.15, -0.1) is 0 Å². The van der Waals surface area contributed by atoms with Crippen LogP contribution in [-0.4, -0.2) is 11.6 Å². The van der Waals surface area contributed by atoms with Crippen LogP contribution in [0.25, 0.3) is 0 Å². The quantitative estimate of drug-likeness (QED) is 0.621. The fraction of sp³-hybridized carbons (Fsp3) is 0.333. The van der Waals surface area contributed by atoms with Crippen LogP contribution in [0.2, 0.25) is 0 Å². The topological polar surface area (TPSA) is 34.1 Å². The molecular formula is C12H16O2Pd. The summed E-state index contributed by atoms with van der Waals surface area (Å²) >= 11 is 0. The summed E-state index contributed by atoms with van der Waals surface area (Å²) in [6.07, 6.45) is 0.0833. The van der Waals surface area contributed by atoms with Crippen molar-refractivity contribution in [2.75, 3.05) is 0 Å². The molecule has 0 atom stereocenters. The molecule has 0 bridgehead atoms. The van der Waals surface area contributed by atoms with E-state index in [9.17, 15) is 9.59 Å². The van der Waals surface area contributed by atoms with Gasteiger partial charge in [-0.25, -0.2) is 0 Å². The molecule has 0 aliphatic rings. The van der Waals surface area contributed by atoms with E-state index in [1.165, 1.54) is 19.4 Å². The van der Waals surface area contributed by atoms with Crippen molar-refractivity contribution in [2.24, 2.45) is 0 Å². The summed E-state index contributed by atoms with van der Waals surface area (Å²) < 4.78 is 0. The normalized spacial score (nSPS) is 7.93. The molecule has 0 aromatic heterocycles. The summed E-state index contributed by atoms with van der Waals surface area (Å²) in [5.74, 6) is -0.125. The summed E-state index contributed by atoms with van der Waals surface area (Å²) in [5, 5.41) is 0. The molecule has 0 aliphatic heterocycles. The second-order valence-corrected chi connectivity index (χ2v) is 3.24. The molecule has 0 aliphatic carbocycles. The van der Waals surface area contributed by atoms with Crippen LogP contribution in [0.5, 0.6) is 0 Å². The Morgan fingerprint density at radius 2 is 1.40 bits per heavy atom. The zero-order chi connectivity index (χ0) is 11.0. The van der Waals surface area contributed by atoms with Gasteiger partial charge in [-0.2, -0.15) is 0 Å². The van der Waals surface area contributed by atoms with Crippen LogP contribution in [0.1, 0.15) is 25.8 Å². The van der Waals surface area contributed by atoms with Crippen LogP contribution in [0, 0.1) is 6.92 Å². The van der Waals surface area contributed by atoms with E-state index < -0.39 is 0 Å². The van der Waals surface area contributed by atoms with Crippen molar-refractivity contribution >= 4 is 11.6 Å². The number of carbonyl (C=O) groups is 2. The van der Waals surface area contributed by atoms with Gasteiger partial charge in [-0.3, -0.25) is 9.59 Å². The largest absolute Gasteiger partial charge is 0.300 e. The zero-order valence-electron chi connectivity index (χ0n) is 9.23. The smallest absolute Gasteiger partial charge is 0.137 e. The molecular weight excluding hydrogens is 283 g/mol. The monoisotopic (exact) mass is 298 g/mol. The van der Waals surface area contributed by atoms with E-state index in [4.69, 9.17) is 0 Å². The summed E-state index contributed by atoms with van der Waals surface area (Å²) in [6, 6.07) is 10.3. The fourth-order valence-electron chi connectivity index (χ4n) is 0.885. The molecule has 0 amide bonds. The van der Waals surface area contributed by atoms with Crippen LogP contribution in [-0.2, 0) is 30.0 Å². The molecule has 1 rings (SSSR count). The third-order valence-electron chi connectivity index (χ3n) is 1.44. The number of hydrogen-bond acceptors (Lipinski definition) is 2. The second kappa shape index (κ2) is 9.77.